The summed E-state index contributed by atoms with van der Waals surface area (Å²) in [7, 11) is 0. The van der Waals surface area contributed by atoms with Crippen molar-refractivity contribution in [3.63, 3.8) is 0 Å². The summed E-state index contributed by atoms with van der Waals surface area (Å²) in [4.78, 5) is 54.5. The van der Waals surface area contributed by atoms with Crippen molar-refractivity contribution in [2.24, 2.45) is 5.73 Å². The fraction of sp³-hybridized carbons (Fsp3) is 0.515. The highest BCUT2D eigenvalue weighted by molar-refractivity contribution is 6.00. The lowest BCUT2D eigenvalue weighted by atomic mass is 9.99. The maximum Gasteiger partial charge on any atom is 0.408 e. The maximum absolute atomic E-state index is 14.3. The van der Waals surface area contributed by atoms with Gasteiger partial charge in [-0.25, -0.2) is 4.79 Å². The van der Waals surface area contributed by atoms with E-state index in [1.54, 1.807) is 20.8 Å². The Balaban J connectivity index is 2.58. The smallest absolute Gasteiger partial charge is 0.408 e. The standard InChI is InChI=1S/C33H48N4O5/c1-8-9-10-11-21-37(31(40)26(19-20-27(34)38)35-32(41)42-33(5,6)7)29(25-17-15-22(2)16-18-25)30(39)36-28-23(3)13-12-14-24(28)4/h12-18,26,29H,8-11,19-21H2,1-7H3,(H2,34,38)(H,35,41)(H,36,39). The predicted octanol–water partition coefficient (Wildman–Crippen LogP) is 5.86. The molecule has 0 heterocycles. The first kappa shape index (κ1) is 34.3. The topological polar surface area (TPSA) is 131 Å². The van der Waals surface area contributed by atoms with Crippen molar-refractivity contribution >= 4 is 29.5 Å². The Hall–Kier alpha value is -3.88. The highest BCUT2D eigenvalue weighted by Gasteiger charge is 2.36. The van der Waals surface area contributed by atoms with E-state index < -0.39 is 35.6 Å². The second-order valence-electron chi connectivity index (χ2n) is 11.9. The van der Waals surface area contributed by atoms with E-state index in [1.807, 2.05) is 63.2 Å². The Morgan fingerprint density at radius 1 is 0.929 bits per heavy atom. The van der Waals surface area contributed by atoms with Gasteiger partial charge in [-0.1, -0.05) is 74.2 Å². The molecule has 42 heavy (non-hydrogen) atoms. The van der Waals surface area contributed by atoms with Crippen LogP contribution in [0.15, 0.2) is 42.5 Å². The molecule has 0 saturated heterocycles. The molecule has 0 spiro atoms. The minimum atomic E-state index is -1.13. The van der Waals surface area contributed by atoms with Crippen molar-refractivity contribution in [1.29, 1.82) is 0 Å². The van der Waals surface area contributed by atoms with Gasteiger partial charge in [0.25, 0.3) is 5.91 Å². The van der Waals surface area contributed by atoms with Gasteiger partial charge in [-0.2, -0.15) is 0 Å². The summed E-state index contributed by atoms with van der Waals surface area (Å²) in [6.45, 7) is 13.3. The van der Waals surface area contributed by atoms with Crippen LogP contribution in [0.25, 0.3) is 0 Å². The molecule has 0 aliphatic rings. The zero-order valence-electron chi connectivity index (χ0n) is 26.2. The first-order valence-corrected chi connectivity index (χ1v) is 14.8. The van der Waals surface area contributed by atoms with Crippen LogP contribution in [-0.2, 0) is 19.1 Å². The first-order chi connectivity index (χ1) is 19.7. The molecule has 2 aromatic carbocycles. The van der Waals surface area contributed by atoms with E-state index in [0.29, 0.717) is 17.7 Å². The lowest BCUT2D eigenvalue weighted by Gasteiger charge is -2.35. The zero-order valence-corrected chi connectivity index (χ0v) is 26.2. The van der Waals surface area contributed by atoms with E-state index >= 15 is 0 Å². The number of alkyl carbamates (subject to hydrolysis) is 1. The number of amides is 4. The van der Waals surface area contributed by atoms with Gasteiger partial charge in [0.2, 0.25) is 11.8 Å². The largest absolute Gasteiger partial charge is 0.444 e. The summed E-state index contributed by atoms with van der Waals surface area (Å²) >= 11 is 0. The lowest BCUT2D eigenvalue weighted by Crippen LogP contribution is -2.53. The van der Waals surface area contributed by atoms with Crippen LogP contribution in [-0.4, -0.2) is 46.9 Å². The molecule has 0 radical (unpaired) electrons. The van der Waals surface area contributed by atoms with E-state index in [2.05, 4.69) is 17.6 Å². The second-order valence-corrected chi connectivity index (χ2v) is 11.9. The van der Waals surface area contributed by atoms with Crippen molar-refractivity contribution in [1.82, 2.24) is 10.2 Å². The van der Waals surface area contributed by atoms with Gasteiger partial charge in [0.05, 0.1) is 0 Å². The van der Waals surface area contributed by atoms with Gasteiger partial charge in [-0.3, -0.25) is 14.4 Å². The molecule has 9 heteroatoms. The first-order valence-electron chi connectivity index (χ1n) is 14.8. The van der Waals surface area contributed by atoms with E-state index in [4.69, 9.17) is 10.5 Å². The van der Waals surface area contributed by atoms with E-state index in [-0.39, 0.29) is 25.3 Å². The molecule has 230 valence electrons. The van der Waals surface area contributed by atoms with Crippen LogP contribution in [0.5, 0.6) is 0 Å². The molecule has 4 N–H and O–H groups in total. The van der Waals surface area contributed by atoms with E-state index in [9.17, 15) is 19.2 Å². The van der Waals surface area contributed by atoms with Gasteiger partial charge in [-0.05, 0) is 71.1 Å². The van der Waals surface area contributed by atoms with Crippen LogP contribution < -0.4 is 16.4 Å². The fourth-order valence-corrected chi connectivity index (χ4v) is 4.69. The molecule has 0 saturated carbocycles. The Labute approximate surface area is 250 Å². The van der Waals surface area contributed by atoms with Gasteiger partial charge < -0.3 is 26.0 Å². The van der Waals surface area contributed by atoms with Gasteiger partial charge in [0, 0.05) is 18.7 Å². The van der Waals surface area contributed by atoms with Crippen molar-refractivity contribution in [2.75, 3.05) is 11.9 Å². The molecule has 0 aliphatic heterocycles. The fourth-order valence-electron chi connectivity index (χ4n) is 4.69. The summed E-state index contributed by atoms with van der Waals surface area (Å²) in [6, 6.07) is 11.1. The monoisotopic (exact) mass is 580 g/mol. The molecule has 0 aliphatic carbocycles. The number of carbonyl (C=O) groups is 4. The number of unbranched alkanes of at least 4 members (excludes halogenated alkanes) is 3. The third kappa shape index (κ3) is 10.8. The number of nitrogens with two attached hydrogens (primary N) is 1. The average molecular weight is 581 g/mol. The minimum absolute atomic E-state index is 0.0298. The summed E-state index contributed by atoms with van der Waals surface area (Å²) in [5, 5.41) is 5.71. The number of aryl methyl sites for hydroxylation is 3. The number of anilines is 1. The molecule has 2 unspecified atom stereocenters. The van der Waals surface area contributed by atoms with Gasteiger partial charge >= 0.3 is 6.09 Å². The predicted molar refractivity (Wildman–Crippen MR) is 166 cm³/mol. The summed E-state index contributed by atoms with van der Waals surface area (Å²) < 4.78 is 5.41. The van der Waals surface area contributed by atoms with Crippen molar-refractivity contribution in [3.05, 3.63) is 64.7 Å². The van der Waals surface area contributed by atoms with E-state index in [0.717, 1.165) is 36.0 Å². The summed E-state index contributed by atoms with van der Waals surface area (Å²) in [6.07, 6.45) is 2.57. The minimum Gasteiger partial charge on any atom is -0.444 e. The number of para-hydroxylation sites is 1. The van der Waals surface area contributed by atoms with Gasteiger partial charge in [0.15, 0.2) is 0 Å². The number of benzene rings is 2. The number of nitrogens with one attached hydrogen (secondary N) is 2. The second kappa shape index (κ2) is 15.9. The third-order valence-corrected chi connectivity index (χ3v) is 6.89. The Morgan fingerprint density at radius 2 is 1.55 bits per heavy atom. The number of nitrogens with zero attached hydrogens (tertiary/aromatic N) is 1. The summed E-state index contributed by atoms with van der Waals surface area (Å²) in [5.74, 6) is -1.46. The molecule has 4 amide bonds. The zero-order chi connectivity index (χ0) is 31.4. The average Bonchev–Trinajstić information content (AvgIpc) is 2.89. The van der Waals surface area contributed by atoms with Crippen LogP contribution in [0.4, 0.5) is 10.5 Å². The molecular weight excluding hydrogens is 532 g/mol. The van der Waals surface area contributed by atoms with Crippen LogP contribution in [0.2, 0.25) is 0 Å². The van der Waals surface area contributed by atoms with Crippen molar-refractivity contribution in [3.8, 4) is 0 Å². The van der Waals surface area contributed by atoms with Crippen molar-refractivity contribution < 1.29 is 23.9 Å². The molecule has 0 bridgehead atoms. The number of hydrogen-bond donors (Lipinski definition) is 3. The highest BCUT2D eigenvalue weighted by Crippen LogP contribution is 2.28. The van der Waals surface area contributed by atoms with Crippen LogP contribution in [0.1, 0.15) is 94.5 Å². The number of carbonyl (C=O) groups excluding carboxylic acids is 4. The molecule has 2 atom stereocenters. The Kier molecular flexibility index (Phi) is 13.0. The molecule has 2 aromatic rings. The normalized spacial score (nSPS) is 12.6. The quantitative estimate of drug-likeness (QED) is 0.241. The Morgan fingerprint density at radius 3 is 2.10 bits per heavy atom. The number of primary amides is 1. The number of hydrogen-bond acceptors (Lipinski definition) is 5. The Bertz CT molecular complexity index is 1200. The van der Waals surface area contributed by atoms with Gasteiger partial charge in [0.1, 0.15) is 17.7 Å². The van der Waals surface area contributed by atoms with Crippen molar-refractivity contribution in [2.45, 2.75) is 105 Å². The van der Waals surface area contributed by atoms with Crippen LogP contribution >= 0.6 is 0 Å². The molecule has 0 aromatic heterocycles. The van der Waals surface area contributed by atoms with Crippen LogP contribution in [0, 0.1) is 20.8 Å². The third-order valence-electron chi connectivity index (χ3n) is 6.89. The van der Waals surface area contributed by atoms with E-state index in [1.165, 1.54) is 4.90 Å². The highest BCUT2D eigenvalue weighted by atomic mass is 16.6. The van der Waals surface area contributed by atoms with Gasteiger partial charge in [-0.15, -0.1) is 0 Å². The van der Waals surface area contributed by atoms with Crippen LogP contribution in [0.3, 0.4) is 0 Å². The number of rotatable bonds is 14. The maximum atomic E-state index is 14.3. The SMILES string of the molecule is CCCCCCN(C(=O)C(CCC(N)=O)NC(=O)OC(C)(C)C)C(C(=O)Nc1c(C)cccc1C)c1ccc(C)cc1. The summed E-state index contributed by atoms with van der Waals surface area (Å²) in [5.41, 5.74) is 8.77. The molecule has 0 fully saturated rings. The number of ether oxygens (including phenoxy) is 1. The molecule has 9 nitrogen and oxygen atoms in total. The molecule has 2 rings (SSSR count). The lowest BCUT2D eigenvalue weighted by molar-refractivity contribution is -0.141. The molecular formula is C33H48N4O5.